The van der Waals surface area contributed by atoms with Gasteiger partial charge in [0.05, 0.1) is 16.6 Å². The molecule has 7 heteroatoms. The molecule has 4 rings (SSSR count). The maximum absolute atomic E-state index is 13.1. The van der Waals surface area contributed by atoms with Crippen LogP contribution in [0.1, 0.15) is 27.5 Å². The number of carbonyl (C=O) groups is 1. The number of hydrogen-bond donors (Lipinski definition) is 1. The lowest BCUT2D eigenvalue weighted by Gasteiger charge is -2.21. The Morgan fingerprint density at radius 1 is 0.771 bits per heavy atom. The molecule has 0 aliphatic rings. The molecule has 0 aromatic heterocycles. The van der Waals surface area contributed by atoms with Crippen LogP contribution in [0.25, 0.3) is 0 Å². The minimum absolute atomic E-state index is 0.216. The maximum Gasteiger partial charge on any atom is 0.264 e. The van der Waals surface area contributed by atoms with Crippen LogP contribution in [0.4, 0.5) is 5.69 Å². The third kappa shape index (κ3) is 5.58. The van der Waals surface area contributed by atoms with E-state index in [9.17, 15) is 13.2 Å². The largest absolute Gasteiger partial charge is 0.341 e. The standard InChI is InChI=1S/C28H26N2O3S2/c1-30(35(32,33)26-19-17-25(34-2)18-20-26)24-15-13-23(14-16-24)28(31)29-27(21-9-5-3-6-10-21)22-11-7-4-8-12-22/h3-20,27H,1-2H3,(H,29,31). The number of carbonyl (C=O) groups excluding carboxylic acids is 1. The number of thioether (sulfide) groups is 1. The summed E-state index contributed by atoms with van der Waals surface area (Å²) in [7, 11) is -2.21. The second kappa shape index (κ2) is 10.8. The number of hydrogen-bond acceptors (Lipinski definition) is 4. The molecule has 35 heavy (non-hydrogen) atoms. The summed E-state index contributed by atoms with van der Waals surface area (Å²) < 4.78 is 27.3. The van der Waals surface area contributed by atoms with Gasteiger partial charge in [-0.3, -0.25) is 9.10 Å². The molecule has 0 radical (unpaired) electrons. The number of rotatable bonds is 8. The molecule has 0 saturated heterocycles. The maximum atomic E-state index is 13.1. The fraction of sp³-hybridized carbons (Fsp3) is 0.107. The summed E-state index contributed by atoms with van der Waals surface area (Å²) in [6.45, 7) is 0. The minimum atomic E-state index is -3.72. The summed E-state index contributed by atoms with van der Waals surface area (Å²) in [5, 5.41) is 3.11. The Morgan fingerprint density at radius 3 is 1.77 bits per heavy atom. The van der Waals surface area contributed by atoms with Gasteiger partial charge in [0, 0.05) is 17.5 Å². The molecule has 0 aliphatic carbocycles. The lowest BCUT2D eigenvalue weighted by atomic mass is 9.98. The predicted molar refractivity (Wildman–Crippen MR) is 142 cm³/mol. The molecule has 0 fully saturated rings. The van der Waals surface area contributed by atoms with E-state index in [0.717, 1.165) is 16.0 Å². The van der Waals surface area contributed by atoms with E-state index in [1.54, 1.807) is 60.3 Å². The highest BCUT2D eigenvalue weighted by Gasteiger charge is 2.22. The Kier molecular flexibility index (Phi) is 7.58. The Morgan fingerprint density at radius 2 is 1.29 bits per heavy atom. The first-order valence-corrected chi connectivity index (χ1v) is 13.7. The molecule has 0 spiro atoms. The van der Waals surface area contributed by atoms with E-state index < -0.39 is 10.0 Å². The molecule has 0 aliphatic heterocycles. The van der Waals surface area contributed by atoms with Crippen LogP contribution in [0, 0.1) is 0 Å². The van der Waals surface area contributed by atoms with Gasteiger partial charge in [-0.2, -0.15) is 0 Å². The third-order valence-corrected chi connectivity index (χ3v) is 8.30. The van der Waals surface area contributed by atoms with E-state index in [-0.39, 0.29) is 16.8 Å². The van der Waals surface area contributed by atoms with Gasteiger partial charge < -0.3 is 5.32 Å². The molecule has 1 amide bonds. The van der Waals surface area contributed by atoms with Crippen molar-refractivity contribution in [3.63, 3.8) is 0 Å². The highest BCUT2D eigenvalue weighted by Crippen LogP contribution is 2.26. The normalized spacial score (nSPS) is 11.3. The molecule has 178 valence electrons. The summed E-state index contributed by atoms with van der Waals surface area (Å²) in [6, 6.07) is 32.6. The van der Waals surface area contributed by atoms with Gasteiger partial charge in [0.25, 0.3) is 15.9 Å². The molecular formula is C28H26N2O3S2. The van der Waals surface area contributed by atoms with Crippen LogP contribution in [-0.2, 0) is 10.0 Å². The van der Waals surface area contributed by atoms with Crippen molar-refractivity contribution in [1.29, 1.82) is 0 Å². The van der Waals surface area contributed by atoms with Crippen LogP contribution < -0.4 is 9.62 Å². The van der Waals surface area contributed by atoms with Crippen molar-refractivity contribution in [2.75, 3.05) is 17.6 Å². The van der Waals surface area contributed by atoms with Crippen molar-refractivity contribution < 1.29 is 13.2 Å². The number of nitrogens with one attached hydrogen (secondary N) is 1. The van der Waals surface area contributed by atoms with Gasteiger partial charge in [0.15, 0.2) is 0 Å². The fourth-order valence-corrected chi connectivity index (χ4v) is 5.34. The number of anilines is 1. The summed E-state index contributed by atoms with van der Waals surface area (Å²) in [6.07, 6.45) is 1.94. The molecule has 0 atom stereocenters. The van der Waals surface area contributed by atoms with Crippen molar-refractivity contribution >= 4 is 33.4 Å². The van der Waals surface area contributed by atoms with Gasteiger partial charge in [0.2, 0.25) is 0 Å². The van der Waals surface area contributed by atoms with Crippen LogP contribution >= 0.6 is 11.8 Å². The predicted octanol–water partition coefficient (Wildman–Crippen LogP) is 5.75. The average Bonchev–Trinajstić information content (AvgIpc) is 2.92. The minimum Gasteiger partial charge on any atom is -0.341 e. The number of benzene rings is 4. The van der Waals surface area contributed by atoms with Gasteiger partial charge >= 0.3 is 0 Å². The van der Waals surface area contributed by atoms with Gasteiger partial charge in [-0.15, -0.1) is 11.8 Å². The number of amides is 1. The van der Waals surface area contributed by atoms with E-state index in [0.29, 0.717) is 11.3 Å². The van der Waals surface area contributed by atoms with Crippen LogP contribution in [-0.4, -0.2) is 27.6 Å². The van der Waals surface area contributed by atoms with Crippen molar-refractivity contribution in [2.45, 2.75) is 15.8 Å². The second-order valence-electron chi connectivity index (χ2n) is 7.92. The Hall–Kier alpha value is -3.55. The molecule has 0 bridgehead atoms. The van der Waals surface area contributed by atoms with Gasteiger partial charge in [-0.05, 0) is 65.9 Å². The number of sulfonamides is 1. The van der Waals surface area contributed by atoms with Gasteiger partial charge in [-0.25, -0.2) is 8.42 Å². The average molecular weight is 503 g/mol. The zero-order chi connectivity index (χ0) is 24.8. The fourth-order valence-electron chi connectivity index (χ4n) is 3.73. The third-order valence-electron chi connectivity index (χ3n) is 5.75. The molecule has 4 aromatic rings. The van der Waals surface area contributed by atoms with E-state index in [2.05, 4.69) is 5.32 Å². The first-order valence-electron chi connectivity index (χ1n) is 11.0. The van der Waals surface area contributed by atoms with Crippen LogP contribution in [0.5, 0.6) is 0 Å². The Bertz CT molecular complexity index is 1330. The Labute approximate surface area is 210 Å². The van der Waals surface area contributed by atoms with E-state index in [1.165, 1.54) is 11.4 Å². The highest BCUT2D eigenvalue weighted by molar-refractivity contribution is 7.98. The van der Waals surface area contributed by atoms with E-state index in [4.69, 9.17) is 0 Å². The van der Waals surface area contributed by atoms with E-state index >= 15 is 0 Å². The first-order chi connectivity index (χ1) is 16.9. The van der Waals surface area contributed by atoms with Crippen molar-refractivity contribution in [2.24, 2.45) is 0 Å². The van der Waals surface area contributed by atoms with Gasteiger partial charge in [0.1, 0.15) is 0 Å². The monoisotopic (exact) mass is 502 g/mol. The summed E-state index contributed by atoms with van der Waals surface area (Å²) in [5.41, 5.74) is 2.86. The van der Waals surface area contributed by atoms with Gasteiger partial charge in [-0.1, -0.05) is 60.7 Å². The highest BCUT2D eigenvalue weighted by atomic mass is 32.2. The SMILES string of the molecule is CSc1ccc(S(=O)(=O)N(C)c2ccc(C(=O)NC(c3ccccc3)c3ccccc3)cc2)cc1. The van der Waals surface area contributed by atoms with Crippen molar-refractivity contribution in [3.8, 4) is 0 Å². The van der Waals surface area contributed by atoms with Crippen LogP contribution in [0.15, 0.2) is 119 Å². The quantitative estimate of drug-likeness (QED) is 0.312. The summed E-state index contributed by atoms with van der Waals surface area (Å²) in [5.74, 6) is -0.243. The smallest absolute Gasteiger partial charge is 0.264 e. The molecule has 1 N–H and O–H groups in total. The molecule has 5 nitrogen and oxygen atoms in total. The summed E-state index contributed by atoms with van der Waals surface area (Å²) in [4.78, 5) is 14.3. The number of nitrogens with zero attached hydrogens (tertiary/aromatic N) is 1. The van der Waals surface area contributed by atoms with Crippen LogP contribution in [0.3, 0.4) is 0 Å². The second-order valence-corrected chi connectivity index (χ2v) is 10.8. The topological polar surface area (TPSA) is 66.5 Å². The van der Waals surface area contributed by atoms with Crippen molar-refractivity contribution in [1.82, 2.24) is 5.32 Å². The summed E-state index contributed by atoms with van der Waals surface area (Å²) >= 11 is 1.55. The molecule has 0 saturated carbocycles. The first kappa shape index (κ1) is 24.6. The molecule has 0 unspecified atom stereocenters. The van der Waals surface area contributed by atoms with Crippen LogP contribution in [0.2, 0.25) is 0 Å². The van der Waals surface area contributed by atoms with Crippen molar-refractivity contribution in [3.05, 3.63) is 126 Å². The zero-order valence-electron chi connectivity index (χ0n) is 19.5. The van der Waals surface area contributed by atoms with E-state index in [1.807, 2.05) is 66.9 Å². The lowest BCUT2D eigenvalue weighted by Crippen LogP contribution is -2.29. The molecule has 0 heterocycles. The zero-order valence-corrected chi connectivity index (χ0v) is 21.1. The molecular weight excluding hydrogens is 476 g/mol. The molecule has 4 aromatic carbocycles. The lowest BCUT2D eigenvalue weighted by molar-refractivity contribution is 0.0943. The Balaban J connectivity index is 1.54.